The summed E-state index contributed by atoms with van der Waals surface area (Å²) in [4.78, 5) is 25.6. The molecule has 0 aliphatic rings. The SMILES string of the molecule is Cc1cc(C)c(C(=O)O)c(NCC(N)=O)n1. The van der Waals surface area contributed by atoms with Gasteiger partial charge in [-0.05, 0) is 25.5 Å². The van der Waals surface area contributed by atoms with Crippen molar-refractivity contribution in [3.05, 3.63) is 22.9 Å². The summed E-state index contributed by atoms with van der Waals surface area (Å²) < 4.78 is 0. The lowest BCUT2D eigenvalue weighted by Crippen LogP contribution is -2.23. The zero-order valence-electron chi connectivity index (χ0n) is 9.07. The van der Waals surface area contributed by atoms with Crippen molar-refractivity contribution >= 4 is 17.7 Å². The Morgan fingerprint density at radius 2 is 2.12 bits per heavy atom. The average Bonchev–Trinajstić information content (AvgIpc) is 2.12. The van der Waals surface area contributed by atoms with Crippen LogP contribution in [0.2, 0.25) is 0 Å². The molecule has 0 saturated carbocycles. The first kappa shape index (κ1) is 12.0. The first-order chi connectivity index (χ1) is 7.41. The van der Waals surface area contributed by atoms with Crippen molar-refractivity contribution in [2.75, 3.05) is 11.9 Å². The second-order valence-electron chi connectivity index (χ2n) is 3.43. The Kier molecular flexibility index (Phi) is 3.44. The van der Waals surface area contributed by atoms with E-state index in [1.165, 1.54) is 0 Å². The molecule has 4 N–H and O–H groups in total. The third-order valence-electron chi connectivity index (χ3n) is 1.99. The van der Waals surface area contributed by atoms with Crippen LogP contribution in [-0.4, -0.2) is 28.5 Å². The second kappa shape index (κ2) is 4.61. The average molecular weight is 223 g/mol. The molecule has 0 aliphatic heterocycles. The van der Waals surface area contributed by atoms with Gasteiger partial charge in [-0.25, -0.2) is 9.78 Å². The summed E-state index contributed by atoms with van der Waals surface area (Å²) in [5.41, 5.74) is 6.29. The number of aromatic nitrogens is 1. The summed E-state index contributed by atoms with van der Waals surface area (Å²) >= 11 is 0. The second-order valence-corrected chi connectivity index (χ2v) is 3.43. The molecule has 6 heteroatoms. The van der Waals surface area contributed by atoms with E-state index in [1.807, 2.05) is 0 Å². The third-order valence-corrected chi connectivity index (χ3v) is 1.99. The summed E-state index contributed by atoms with van der Waals surface area (Å²) in [6.07, 6.45) is 0. The van der Waals surface area contributed by atoms with Crippen LogP contribution in [0.15, 0.2) is 6.07 Å². The van der Waals surface area contributed by atoms with E-state index in [9.17, 15) is 9.59 Å². The van der Waals surface area contributed by atoms with Crippen LogP contribution in [0.25, 0.3) is 0 Å². The molecule has 0 spiro atoms. The molecule has 0 saturated heterocycles. The van der Waals surface area contributed by atoms with Gasteiger partial charge in [0.2, 0.25) is 5.91 Å². The van der Waals surface area contributed by atoms with Gasteiger partial charge in [0.15, 0.2) is 0 Å². The molecule has 0 unspecified atom stereocenters. The quantitative estimate of drug-likeness (QED) is 0.680. The first-order valence-electron chi connectivity index (χ1n) is 4.65. The lowest BCUT2D eigenvalue weighted by atomic mass is 10.1. The fraction of sp³-hybridized carbons (Fsp3) is 0.300. The standard InChI is InChI=1S/C10H13N3O3/c1-5-3-6(2)13-9(8(5)10(15)16)12-4-7(11)14/h3H,4H2,1-2H3,(H2,11,14)(H,12,13)(H,15,16). The number of carboxylic acids is 1. The molecule has 1 heterocycles. The molecular weight excluding hydrogens is 210 g/mol. The number of aromatic carboxylic acids is 1. The van der Waals surface area contributed by atoms with Crippen molar-refractivity contribution in [2.45, 2.75) is 13.8 Å². The molecule has 1 amide bonds. The van der Waals surface area contributed by atoms with Gasteiger partial charge >= 0.3 is 5.97 Å². The fourth-order valence-electron chi connectivity index (χ4n) is 1.41. The number of hydrogen-bond acceptors (Lipinski definition) is 4. The van der Waals surface area contributed by atoms with Gasteiger partial charge in [-0.3, -0.25) is 4.79 Å². The maximum absolute atomic E-state index is 11.0. The maximum Gasteiger partial charge on any atom is 0.339 e. The smallest absolute Gasteiger partial charge is 0.339 e. The lowest BCUT2D eigenvalue weighted by molar-refractivity contribution is -0.116. The highest BCUT2D eigenvalue weighted by atomic mass is 16.4. The van der Waals surface area contributed by atoms with Crippen LogP contribution in [0.1, 0.15) is 21.6 Å². The van der Waals surface area contributed by atoms with Crippen molar-refractivity contribution in [3.63, 3.8) is 0 Å². The predicted octanol–water partition coefficient (Wildman–Crippen LogP) is 0.294. The van der Waals surface area contributed by atoms with Gasteiger partial charge in [0.25, 0.3) is 0 Å². The Labute approximate surface area is 92.5 Å². The van der Waals surface area contributed by atoms with Crippen LogP contribution in [0.5, 0.6) is 0 Å². The van der Waals surface area contributed by atoms with Gasteiger partial charge < -0.3 is 16.2 Å². The Balaban J connectivity index is 3.13. The molecule has 0 fully saturated rings. The molecule has 6 nitrogen and oxygen atoms in total. The Bertz CT molecular complexity index is 443. The number of nitrogens with zero attached hydrogens (tertiary/aromatic N) is 1. The Morgan fingerprint density at radius 3 is 2.62 bits per heavy atom. The molecule has 86 valence electrons. The minimum Gasteiger partial charge on any atom is -0.478 e. The fourth-order valence-corrected chi connectivity index (χ4v) is 1.41. The number of anilines is 1. The zero-order valence-corrected chi connectivity index (χ0v) is 9.07. The van der Waals surface area contributed by atoms with Crippen LogP contribution in [0, 0.1) is 13.8 Å². The van der Waals surface area contributed by atoms with E-state index in [1.54, 1.807) is 19.9 Å². The zero-order chi connectivity index (χ0) is 12.3. The number of carbonyl (C=O) groups is 2. The number of pyridine rings is 1. The first-order valence-corrected chi connectivity index (χ1v) is 4.65. The summed E-state index contributed by atoms with van der Waals surface area (Å²) in [5.74, 6) is -1.49. The van der Waals surface area contributed by atoms with E-state index in [0.29, 0.717) is 11.3 Å². The van der Waals surface area contributed by atoms with E-state index in [0.717, 1.165) is 0 Å². The summed E-state index contributed by atoms with van der Waals surface area (Å²) in [6.45, 7) is 3.28. The topological polar surface area (TPSA) is 105 Å². The van der Waals surface area contributed by atoms with E-state index in [4.69, 9.17) is 10.8 Å². The minimum atomic E-state index is -1.09. The number of carbonyl (C=O) groups excluding carboxylic acids is 1. The Morgan fingerprint density at radius 1 is 1.50 bits per heavy atom. The van der Waals surface area contributed by atoms with Crippen LogP contribution in [-0.2, 0) is 4.79 Å². The molecule has 0 bridgehead atoms. The number of nitrogens with one attached hydrogen (secondary N) is 1. The predicted molar refractivity (Wildman–Crippen MR) is 58.4 cm³/mol. The normalized spacial score (nSPS) is 9.88. The highest BCUT2D eigenvalue weighted by Gasteiger charge is 2.15. The summed E-state index contributed by atoms with van der Waals surface area (Å²) in [7, 11) is 0. The van der Waals surface area contributed by atoms with Gasteiger partial charge in [0.05, 0.1) is 6.54 Å². The van der Waals surface area contributed by atoms with Crippen LogP contribution < -0.4 is 11.1 Å². The number of nitrogens with two attached hydrogens (primary N) is 1. The van der Waals surface area contributed by atoms with Gasteiger partial charge in [0.1, 0.15) is 11.4 Å². The van der Waals surface area contributed by atoms with Crippen LogP contribution in [0.4, 0.5) is 5.82 Å². The van der Waals surface area contributed by atoms with Crippen molar-refractivity contribution in [3.8, 4) is 0 Å². The van der Waals surface area contributed by atoms with E-state index in [2.05, 4.69) is 10.3 Å². The van der Waals surface area contributed by atoms with Crippen molar-refractivity contribution < 1.29 is 14.7 Å². The number of carboxylic acid groups (broad SMARTS) is 1. The van der Waals surface area contributed by atoms with E-state index < -0.39 is 11.9 Å². The van der Waals surface area contributed by atoms with Gasteiger partial charge in [-0.2, -0.15) is 0 Å². The molecule has 1 rings (SSSR count). The number of rotatable bonds is 4. The highest BCUT2D eigenvalue weighted by Crippen LogP contribution is 2.18. The lowest BCUT2D eigenvalue weighted by Gasteiger charge is -2.10. The number of hydrogen-bond donors (Lipinski definition) is 3. The number of amides is 1. The largest absolute Gasteiger partial charge is 0.478 e. The van der Waals surface area contributed by atoms with Crippen molar-refractivity contribution in [1.29, 1.82) is 0 Å². The van der Waals surface area contributed by atoms with Gasteiger partial charge in [0, 0.05) is 5.69 Å². The third kappa shape index (κ3) is 2.69. The number of aryl methyl sites for hydroxylation is 2. The monoisotopic (exact) mass is 223 g/mol. The molecule has 16 heavy (non-hydrogen) atoms. The van der Waals surface area contributed by atoms with E-state index in [-0.39, 0.29) is 17.9 Å². The molecule has 0 aromatic carbocycles. The molecular formula is C10H13N3O3. The van der Waals surface area contributed by atoms with Crippen molar-refractivity contribution in [1.82, 2.24) is 4.98 Å². The molecule has 1 aromatic rings. The summed E-state index contributed by atoms with van der Waals surface area (Å²) in [5, 5.41) is 11.6. The van der Waals surface area contributed by atoms with Gasteiger partial charge in [-0.15, -0.1) is 0 Å². The summed E-state index contributed by atoms with van der Waals surface area (Å²) in [6, 6.07) is 1.67. The molecule has 0 atom stereocenters. The molecule has 1 aromatic heterocycles. The van der Waals surface area contributed by atoms with Gasteiger partial charge in [-0.1, -0.05) is 0 Å². The van der Waals surface area contributed by atoms with Crippen molar-refractivity contribution in [2.24, 2.45) is 5.73 Å². The minimum absolute atomic E-state index is 0.0619. The maximum atomic E-state index is 11.0. The Hall–Kier alpha value is -2.11. The van der Waals surface area contributed by atoms with Crippen LogP contribution in [0.3, 0.4) is 0 Å². The number of primary amides is 1. The van der Waals surface area contributed by atoms with E-state index >= 15 is 0 Å². The molecule has 0 aliphatic carbocycles. The van der Waals surface area contributed by atoms with Crippen LogP contribution >= 0.6 is 0 Å². The molecule has 0 radical (unpaired) electrons. The highest BCUT2D eigenvalue weighted by molar-refractivity contribution is 5.95.